The standard InChI is InChI=1S/C17H29N3O3Si/c1-7-22-16(21)14-18-15-13(23-24(5,6)17(2,3)4)10-12(11-8-9-11)20(15)19-14/h11-13H,7-10H2,1-6H3. The molecule has 0 bridgehead atoms. The SMILES string of the molecule is CCOC(=O)c1nc2n(n1)C(C1CC1)CC2O[Si](C)(C)C(C)(C)C. The number of nitrogens with zero attached hydrogens (tertiary/aromatic N) is 3. The summed E-state index contributed by atoms with van der Waals surface area (Å²) >= 11 is 0. The van der Waals surface area contributed by atoms with Crippen LogP contribution in [0.5, 0.6) is 0 Å². The summed E-state index contributed by atoms with van der Waals surface area (Å²) in [6.45, 7) is 13.3. The van der Waals surface area contributed by atoms with Crippen molar-refractivity contribution in [2.75, 3.05) is 6.61 Å². The van der Waals surface area contributed by atoms with E-state index in [0.29, 0.717) is 18.6 Å². The lowest BCUT2D eigenvalue weighted by Crippen LogP contribution is -2.41. The van der Waals surface area contributed by atoms with Gasteiger partial charge in [0, 0.05) is 6.42 Å². The van der Waals surface area contributed by atoms with Gasteiger partial charge in [-0.2, -0.15) is 0 Å². The number of fused-ring (bicyclic) bond motifs is 1. The Balaban J connectivity index is 1.87. The molecular weight excluding hydrogens is 322 g/mol. The van der Waals surface area contributed by atoms with Gasteiger partial charge in [-0.25, -0.2) is 14.5 Å². The molecule has 0 spiro atoms. The Kier molecular flexibility index (Phi) is 4.36. The van der Waals surface area contributed by atoms with Crippen molar-refractivity contribution in [3.05, 3.63) is 11.6 Å². The zero-order valence-electron chi connectivity index (χ0n) is 15.6. The van der Waals surface area contributed by atoms with E-state index < -0.39 is 14.3 Å². The van der Waals surface area contributed by atoms with Crippen LogP contribution in [0.2, 0.25) is 18.1 Å². The Hall–Kier alpha value is -1.21. The zero-order valence-corrected chi connectivity index (χ0v) is 16.6. The van der Waals surface area contributed by atoms with Crippen LogP contribution in [0.25, 0.3) is 0 Å². The van der Waals surface area contributed by atoms with Crippen molar-refractivity contribution in [1.29, 1.82) is 0 Å². The third-order valence-electron chi connectivity index (χ3n) is 5.58. The van der Waals surface area contributed by atoms with Gasteiger partial charge < -0.3 is 9.16 Å². The highest BCUT2D eigenvalue weighted by Gasteiger charge is 2.47. The van der Waals surface area contributed by atoms with Crippen LogP contribution in [0.15, 0.2) is 0 Å². The molecule has 2 unspecified atom stereocenters. The molecule has 2 aliphatic rings. The van der Waals surface area contributed by atoms with E-state index in [2.05, 4.69) is 43.9 Å². The van der Waals surface area contributed by atoms with Crippen molar-refractivity contribution in [1.82, 2.24) is 14.8 Å². The van der Waals surface area contributed by atoms with Crippen LogP contribution in [-0.4, -0.2) is 35.7 Å². The fourth-order valence-electron chi connectivity index (χ4n) is 3.01. The largest absolute Gasteiger partial charge is 0.460 e. The van der Waals surface area contributed by atoms with Crippen LogP contribution < -0.4 is 0 Å². The maximum atomic E-state index is 12.0. The average molecular weight is 352 g/mol. The second-order valence-electron chi connectivity index (χ2n) is 8.47. The molecule has 24 heavy (non-hydrogen) atoms. The van der Waals surface area contributed by atoms with E-state index in [1.54, 1.807) is 6.92 Å². The number of aromatic nitrogens is 3. The van der Waals surface area contributed by atoms with Gasteiger partial charge in [-0.05, 0) is 43.8 Å². The van der Waals surface area contributed by atoms with Gasteiger partial charge in [0.25, 0.3) is 5.82 Å². The lowest BCUT2D eigenvalue weighted by molar-refractivity contribution is 0.0510. The summed E-state index contributed by atoms with van der Waals surface area (Å²) in [5, 5.41) is 4.60. The third-order valence-corrected chi connectivity index (χ3v) is 10.1. The Morgan fingerprint density at radius 2 is 2.00 bits per heavy atom. The number of ether oxygens (including phenoxy) is 1. The van der Waals surface area contributed by atoms with Gasteiger partial charge in [-0.1, -0.05) is 20.8 Å². The molecule has 0 aromatic carbocycles. The first-order valence-corrected chi connectivity index (χ1v) is 11.9. The normalized spacial score (nSPS) is 24.1. The Morgan fingerprint density at radius 1 is 1.33 bits per heavy atom. The molecule has 1 saturated carbocycles. The van der Waals surface area contributed by atoms with Crippen molar-refractivity contribution in [2.45, 2.75) is 77.2 Å². The zero-order chi connectivity index (χ0) is 17.7. The topological polar surface area (TPSA) is 66.2 Å². The maximum absolute atomic E-state index is 12.0. The van der Waals surface area contributed by atoms with E-state index >= 15 is 0 Å². The molecule has 1 aromatic rings. The minimum absolute atomic E-state index is 0.0628. The van der Waals surface area contributed by atoms with Gasteiger partial charge in [0.15, 0.2) is 14.1 Å². The Bertz CT molecular complexity index is 632. The molecular formula is C17H29N3O3Si. The van der Waals surface area contributed by atoms with Crippen molar-refractivity contribution in [2.24, 2.45) is 5.92 Å². The molecule has 0 radical (unpaired) electrons. The second-order valence-corrected chi connectivity index (χ2v) is 13.2. The summed E-state index contributed by atoms with van der Waals surface area (Å²) in [7, 11) is -1.91. The van der Waals surface area contributed by atoms with Crippen LogP contribution >= 0.6 is 0 Å². The summed E-state index contributed by atoms with van der Waals surface area (Å²) < 4.78 is 13.6. The molecule has 1 aliphatic carbocycles. The number of rotatable bonds is 5. The van der Waals surface area contributed by atoms with Gasteiger partial charge in [0.2, 0.25) is 0 Å². The van der Waals surface area contributed by atoms with Crippen molar-refractivity contribution >= 4 is 14.3 Å². The smallest absolute Gasteiger partial charge is 0.378 e. The average Bonchev–Trinajstić information content (AvgIpc) is 3.11. The number of carbonyl (C=O) groups excluding carboxylic acids is 1. The molecule has 7 heteroatoms. The molecule has 6 nitrogen and oxygen atoms in total. The lowest BCUT2D eigenvalue weighted by atomic mass is 10.1. The lowest BCUT2D eigenvalue weighted by Gasteiger charge is -2.38. The first-order chi connectivity index (χ1) is 11.1. The van der Waals surface area contributed by atoms with Crippen molar-refractivity contribution < 1.29 is 14.0 Å². The van der Waals surface area contributed by atoms with Crippen molar-refractivity contribution in [3.63, 3.8) is 0 Å². The molecule has 0 N–H and O–H groups in total. The fraction of sp³-hybridized carbons (Fsp3) is 0.824. The molecule has 1 aliphatic heterocycles. The van der Waals surface area contributed by atoms with E-state index in [0.717, 1.165) is 12.2 Å². The first-order valence-electron chi connectivity index (χ1n) is 8.95. The second kappa shape index (κ2) is 5.95. The molecule has 2 atom stereocenters. The number of carbonyl (C=O) groups is 1. The minimum atomic E-state index is -1.91. The summed E-state index contributed by atoms with van der Waals surface area (Å²) in [6.07, 6.45) is 3.32. The number of hydrogen-bond acceptors (Lipinski definition) is 5. The summed E-state index contributed by atoms with van der Waals surface area (Å²) in [6, 6.07) is 0.311. The predicted molar refractivity (Wildman–Crippen MR) is 93.4 cm³/mol. The van der Waals surface area contributed by atoms with E-state index in [1.807, 2.05) is 4.68 Å². The maximum Gasteiger partial charge on any atom is 0.378 e. The van der Waals surface area contributed by atoms with Crippen LogP contribution in [-0.2, 0) is 9.16 Å². The third kappa shape index (κ3) is 3.16. The van der Waals surface area contributed by atoms with Gasteiger partial charge in [-0.15, -0.1) is 5.10 Å². The molecule has 134 valence electrons. The summed E-state index contributed by atoms with van der Waals surface area (Å²) in [5.74, 6) is 1.18. The predicted octanol–water partition coefficient (Wildman–Crippen LogP) is 3.87. The van der Waals surface area contributed by atoms with E-state index in [4.69, 9.17) is 9.16 Å². The molecule has 1 fully saturated rings. The van der Waals surface area contributed by atoms with Crippen LogP contribution in [0.1, 0.15) is 75.5 Å². The fourth-order valence-corrected chi connectivity index (χ4v) is 4.28. The Morgan fingerprint density at radius 3 is 2.54 bits per heavy atom. The van der Waals surface area contributed by atoms with Gasteiger partial charge in [0.05, 0.1) is 12.6 Å². The van der Waals surface area contributed by atoms with E-state index in [9.17, 15) is 4.79 Å². The van der Waals surface area contributed by atoms with Crippen LogP contribution in [0, 0.1) is 5.92 Å². The summed E-state index contributed by atoms with van der Waals surface area (Å²) in [4.78, 5) is 16.5. The van der Waals surface area contributed by atoms with Gasteiger partial charge in [0.1, 0.15) is 6.10 Å². The van der Waals surface area contributed by atoms with Crippen molar-refractivity contribution in [3.8, 4) is 0 Å². The summed E-state index contributed by atoms with van der Waals surface area (Å²) in [5.41, 5.74) is 0. The monoisotopic (exact) mass is 351 g/mol. The highest BCUT2D eigenvalue weighted by Crippen LogP contribution is 2.51. The van der Waals surface area contributed by atoms with Gasteiger partial charge >= 0.3 is 5.97 Å². The van der Waals surface area contributed by atoms with E-state index in [1.165, 1.54) is 12.8 Å². The van der Waals surface area contributed by atoms with Crippen LogP contribution in [0.4, 0.5) is 0 Å². The molecule has 3 rings (SSSR count). The first kappa shape index (κ1) is 17.6. The van der Waals surface area contributed by atoms with E-state index in [-0.39, 0.29) is 17.0 Å². The molecule has 0 amide bonds. The minimum Gasteiger partial charge on any atom is -0.460 e. The Labute approximate surface area is 145 Å². The number of esters is 1. The molecule has 2 heterocycles. The van der Waals surface area contributed by atoms with Crippen LogP contribution in [0.3, 0.4) is 0 Å². The molecule has 1 aromatic heterocycles. The highest BCUT2D eigenvalue weighted by atomic mass is 28.4. The quantitative estimate of drug-likeness (QED) is 0.595. The highest BCUT2D eigenvalue weighted by molar-refractivity contribution is 6.74. The van der Waals surface area contributed by atoms with Gasteiger partial charge in [-0.3, -0.25) is 0 Å². The number of hydrogen-bond donors (Lipinski definition) is 0. The molecule has 0 saturated heterocycles.